The summed E-state index contributed by atoms with van der Waals surface area (Å²) < 4.78 is 17.4. The summed E-state index contributed by atoms with van der Waals surface area (Å²) in [6.07, 6.45) is 0.996. The number of para-hydroxylation sites is 1. The number of carbonyl (C=O) groups excluding carboxylic acids is 1. The molecular weight excluding hydrogens is 318 g/mol. The van der Waals surface area contributed by atoms with Crippen molar-refractivity contribution in [3.05, 3.63) is 46.2 Å². The van der Waals surface area contributed by atoms with Crippen LogP contribution >= 0.6 is 11.3 Å². The molecule has 6 heteroatoms. The number of ether oxygens (including phenoxy) is 1. The van der Waals surface area contributed by atoms with Gasteiger partial charge in [-0.2, -0.15) is 0 Å². The lowest BCUT2D eigenvalue weighted by atomic mass is 10.3. The number of nitrogens with one attached hydrogen (secondary N) is 1. The van der Waals surface area contributed by atoms with Crippen LogP contribution in [-0.4, -0.2) is 23.0 Å². The molecule has 0 aliphatic rings. The highest BCUT2D eigenvalue weighted by Crippen LogP contribution is 2.21. The van der Waals surface area contributed by atoms with Crippen LogP contribution < -0.4 is 10.1 Å². The Morgan fingerprint density at radius 3 is 2.64 bits per heavy atom. The number of hydrogen-bond acceptors (Lipinski definition) is 4. The van der Waals surface area contributed by atoms with Crippen molar-refractivity contribution in [1.82, 2.24) is 5.32 Å². The number of thiophene rings is 1. The zero-order chi connectivity index (χ0) is 15.9. The first kappa shape index (κ1) is 16.7. The molecule has 0 aliphatic heterocycles. The summed E-state index contributed by atoms with van der Waals surface area (Å²) in [5, 5.41) is 2.81. The lowest BCUT2D eigenvalue weighted by Crippen LogP contribution is -2.27. The van der Waals surface area contributed by atoms with Gasteiger partial charge >= 0.3 is 0 Å². The molecule has 4 nitrogen and oxygen atoms in total. The Morgan fingerprint density at radius 2 is 1.95 bits per heavy atom. The zero-order valence-electron chi connectivity index (χ0n) is 12.6. The Kier molecular flexibility index (Phi) is 6.15. The summed E-state index contributed by atoms with van der Waals surface area (Å²) in [4.78, 5) is 14.9. The molecule has 0 unspecified atom stereocenters. The van der Waals surface area contributed by atoms with E-state index in [9.17, 15) is 9.00 Å². The van der Waals surface area contributed by atoms with Gasteiger partial charge in [0.05, 0.1) is 29.3 Å². The Balaban J connectivity index is 1.90. The van der Waals surface area contributed by atoms with Gasteiger partial charge in [-0.1, -0.05) is 19.1 Å². The Labute approximate surface area is 137 Å². The fourth-order valence-electron chi connectivity index (χ4n) is 1.95. The van der Waals surface area contributed by atoms with Crippen LogP contribution in [0, 0.1) is 0 Å². The molecule has 2 rings (SSSR count). The second kappa shape index (κ2) is 8.10. The van der Waals surface area contributed by atoms with Gasteiger partial charge < -0.3 is 10.1 Å². The number of carbonyl (C=O) groups is 1. The smallest absolute Gasteiger partial charge is 0.233 e. The molecule has 0 saturated heterocycles. The minimum absolute atomic E-state index is 0.0631. The average molecular weight is 337 g/mol. The maximum atomic E-state index is 12.3. The van der Waals surface area contributed by atoms with Crippen LogP contribution in [0.25, 0.3) is 0 Å². The van der Waals surface area contributed by atoms with Crippen LogP contribution in [0.5, 0.6) is 5.75 Å². The van der Waals surface area contributed by atoms with E-state index in [1.165, 1.54) is 12.0 Å². The van der Waals surface area contributed by atoms with Crippen molar-refractivity contribution in [3.63, 3.8) is 0 Å². The summed E-state index contributed by atoms with van der Waals surface area (Å²) in [7, 11) is 0.113. The lowest BCUT2D eigenvalue weighted by molar-refractivity contribution is -0.118. The van der Waals surface area contributed by atoms with E-state index in [1.807, 2.05) is 12.1 Å². The van der Waals surface area contributed by atoms with Crippen LogP contribution in [0.15, 0.2) is 41.3 Å². The maximum Gasteiger partial charge on any atom is 0.233 e. The first-order chi connectivity index (χ1) is 10.6. The molecule has 0 fully saturated rings. The number of methoxy groups -OCH3 is 1. The molecule has 2 aromatic rings. The van der Waals surface area contributed by atoms with Crippen LogP contribution in [-0.2, 0) is 28.6 Å². The van der Waals surface area contributed by atoms with E-state index in [-0.39, 0.29) is 11.7 Å². The standard InChI is InChI=1S/C16H19NO3S2/c1-3-12-8-9-13(21-12)10-17-16(18)11-22(19)15-7-5-4-6-14(15)20-2/h4-9H,3,10-11H2,1-2H3,(H,17,18)/t22-/m0/s1. The van der Waals surface area contributed by atoms with Gasteiger partial charge in [-0.25, -0.2) is 0 Å². The van der Waals surface area contributed by atoms with Crippen LogP contribution in [0.4, 0.5) is 0 Å². The molecule has 1 N–H and O–H groups in total. The molecule has 1 aromatic carbocycles. The van der Waals surface area contributed by atoms with Gasteiger partial charge in [0.1, 0.15) is 11.5 Å². The molecule has 1 heterocycles. The van der Waals surface area contributed by atoms with Gasteiger partial charge in [0, 0.05) is 9.75 Å². The fraction of sp³-hybridized carbons (Fsp3) is 0.312. The summed E-state index contributed by atoms with van der Waals surface area (Å²) >= 11 is 1.69. The first-order valence-electron chi connectivity index (χ1n) is 6.99. The second-order valence-corrected chi connectivity index (χ2v) is 7.31. The van der Waals surface area contributed by atoms with E-state index in [4.69, 9.17) is 4.74 Å². The molecule has 0 bridgehead atoms. The molecule has 1 amide bonds. The van der Waals surface area contributed by atoms with Crippen molar-refractivity contribution in [3.8, 4) is 5.75 Å². The highest BCUT2D eigenvalue weighted by atomic mass is 32.2. The van der Waals surface area contributed by atoms with Gasteiger partial charge in [-0.3, -0.25) is 9.00 Å². The quantitative estimate of drug-likeness (QED) is 0.845. The minimum Gasteiger partial charge on any atom is -0.495 e. The predicted octanol–water partition coefficient (Wildman–Crippen LogP) is 2.74. The summed E-state index contributed by atoms with van der Waals surface area (Å²) in [6, 6.07) is 11.1. The van der Waals surface area contributed by atoms with E-state index in [0.29, 0.717) is 17.2 Å². The van der Waals surface area contributed by atoms with Crippen molar-refractivity contribution in [2.24, 2.45) is 0 Å². The summed E-state index contributed by atoms with van der Waals surface area (Å²) in [6.45, 7) is 2.58. The monoisotopic (exact) mass is 337 g/mol. The van der Waals surface area contributed by atoms with Crippen molar-refractivity contribution in [1.29, 1.82) is 0 Å². The van der Waals surface area contributed by atoms with Gasteiger partial charge in [-0.05, 0) is 30.7 Å². The molecule has 0 saturated carbocycles. The van der Waals surface area contributed by atoms with Gasteiger partial charge in [-0.15, -0.1) is 11.3 Å². The molecule has 0 spiro atoms. The van der Waals surface area contributed by atoms with Gasteiger partial charge in [0.25, 0.3) is 0 Å². The van der Waals surface area contributed by atoms with Crippen molar-refractivity contribution in [2.75, 3.05) is 12.9 Å². The number of amides is 1. The topological polar surface area (TPSA) is 55.4 Å². The normalized spacial score (nSPS) is 11.9. The van der Waals surface area contributed by atoms with Gasteiger partial charge in [0.15, 0.2) is 0 Å². The van der Waals surface area contributed by atoms with Crippen LogP contribution in [0.3, 0.4) is 0 Å². The fourth-order valence-corrected chi connectivity index (χ4v) is 3.95. The SMILES string of the molecule is CCc1ccc(CNC(=O)C[S@](=O)c2ccccc2OC)s1. The van der Waals surface area contributed by atoms with Gasteiger partial charge in [0.2, 0.25) is 5.91 Å². The van der Waals surface area contributed by atoms with Crippen molar-refractivity contribution in [2.45, 2.75) is 24.8 Å². The largest absolute Gasteiger partial charge is 0.495 e. The predicted molar refractivity (Wildman–Crippen MR) is 89.8 cm³/mol. The highest BCUT2D eigenvalue weighted by Gasteiger charge is 2.14. The highest BCUT2D eigenvalue weighted by molar-refractivity contribution is 7.85. The summed E-state index contributed by atoms with van der Waals surface area (Å²) in [5.41, 5.74) is 0. The Hall–Kier alpha value is -1.66. The maximum absolute atomic E-state index is 12.3. The third-order valence-electron chi connectivity index (χ3n) is 3.10. The average Bonchev–Trinajstić information content (AvgIpc) is 3.01. The molecule has 118 valence electrons. The second-order valence-electron chi connectivity index (χ2n) is 4.64. The molecule has 0 aliphatic carbocycles. The number of benzene rings is 1. The third kappa shape index (κ3) is 4.42. The number of hydrogen-bond donors (Lipinski definition) is 1. The van der Waals surface area contributed by atoms with E-state index in [1.54, 1.807) is 29.5 Å². The molecule has 1 atom stereocenters. The molecular formula is C16H19NO3S2. The minimum atomic E-state index is -1.41. The van der Waals surface area contributed by atoms with Crippen LogP contribution in [0.2, 0.25) is 0 Å². The van der Waals surface area contributed by atoms with Crippen molar-refractivity contribution < 1.29 is 13.7 Å². The van der Waals surface area contributed by atoms with Crippen molar-refractivity contribution >= 4 is 28.0 Å². The van der Waals surface area contributed by atoms with E-state index in [2.05, 4.69) is 18.3 Å². The van der Waals surface area contributed by atoms with E-state index >= 15 is 0 Å². The first-order valence-corrected chi connectivity index (χ1v) is 9.13. The zero-order valence-corrected chi connectivity index (χ0v) is 14.3. The third-order valence-corrected chi connectivity index (χ3v) is 5.68. The van der Waals surface area contributed by atoms with E-state index in [0.717, 1.165) is 11.3 Å². The number of rotatable bonds is 7. The Bertz CT molecular complexity index is 667. The summed E-state index contributed by atoms with van der Waals surface area (Å²) in [5.74, 6) is 0.252. The lowest BCUT2D eigenvalue weighted by Gasteiger charge is -2.08. The van der Waals surface area contributed by atoms with E-state index < -0.39 is 10.8 Å². The molecule has 22 heavy (non-hydrogen) atoms. The molecule has 0 radical (unpaired) electrons. The van der Waals surface area contributed by atoms with Crippen LogP contribution in [0.1, 0.15) is 16.7 Å². The Morgan fingerprint density at radius 1 is 1.23 bits per heavy atom. The number of aryl methyl sites for hydroxylation is 1. The molecule has 1 aromatic heterocycles.